The molecule has 1 saturated carbocycles. The average molecular weight is 372 g/mol. The van der Waals surface area contributed by atoms with Crippen molar-refractivity contribution >= 4 is 23.7 Å². The average Bonchev–Trinajstić information content (AvgIpc) is 2.52. The summed E-state index contributed by atoms with van der Waals surface area (Å²) in [5.74, 6) is 2.11. The zero-order valence-electron chi connectivity index (χ0n) is 14.8. The van der Waals surface area contributed by atoms with Crippen molar-refractivity contribution in [3.05, 3.63) is 28.8 Å². The third kappa shape index (κ3) is 7.22. The lowest BCUT2D eigenvalue weighted by Gasteiger charge is -2.32. The summed E-state index contributed by atoms with van der Waals surface area (Å²) in [4.78, 5) is 20.8. The molecule has 1 aliphatic carbocycles. The molecule has 1 aromatic carbocycles. The Balaban J connectivity index is 0.000000705. The van der Waals surface area contributed by atoms with Gasteiger partial charge in [-0.15, -0.1) is 0 Å². The van der Waals surface area contributed by atoms with E-state index < -0.39 is 6.16 Å². The van der Waals surface area contributed by atoms with Gasteiger partial charge in [0, 0.05) is 16.6 Å². The molecule has 7 heteroatoms. The Hall–Kier alpha value is -1.95. The number of benzene rings is 1. The Morgan fingerprint density at radius 2 is 1.88 bits per heavy atom. The fourth-order valence-corrected chi connectivity index (χ4v) is 3.25. The lowest BCUT2D eigenvalue weighted by atomic mass is 9.79. The predicted octanol–water partition coefficient (Wildman–Crippen LogP) is 4.05. The Labute approximate surface area is 153 Å². The molecule has 0 radical (unpaired) electrons. The van der Waals surface area contributed by atoms with Gasteiger partial charge in [0.15, 0.2) is 0 Å². The lowest BCUT2D eigenvalue weighted by Crippen LogP contribution is -2.40. The number of nitrogens with one attached hydrogen (secondary N) is 1. The Morgan fingerprint density at radius 3 is 2.44 bits per heavy atom. The first kappa shape index (κ1) is 21.1. The molecule has 3 atom stereocenters. The summed E-state index contributed by atoms with van der Waals surface area (Å²) in [7, 11) is 1.59. The van der Waals surface area contributed by atoms with Crippen molar-refractivity contribution in [1.82, 2.24) is 5.32 Å². The van der Waals surface area contributed by atoms with Gasteiger partial charge in [0.05, 0.1) is 13.5 Å². The fourth-order valence-electron chi connectivity index (χ4n) is 3.02. The number of carbonyl (C=O) groups is 2. The molecule has 1 aromatic rings. The van der Waals surface area contributed by atoms with Crippen molar-refractivity contribution in [2.24, 2.45) is 11.8 Å². The van der Waals surface area contributed by atoms with E-state index in [9.17, 15) is 4.79 Å². The van der Waals surface area contributed by atoms with Crippen LogP contribution in [0.25, 0.3) is 0 Å². The number of halogens is 1. The predicted molar refractivity (Wildman–Crippen MR) is 96.5 cm³/mol. The highest BCUT2D eigenvalue weighted by Gasteiger charge is 2.25. The standard InChI is InChI=1S/C17H24ClNO2.CH2O3/c1-11-7-8-13(9-12(11)2)19-17(20)10-14-15(18)5-4-6-16(14)21-3;2-1(3)4/h4-6,11-13H,7-10H2,1-3H3,(H,19,20);(H2,2,3,4). The summed E-state index contributed by atoms with van der Waals surface area (Å²) >= 11 is 6.18. The molecule has 25 heavy (non-hydrogen) atoms. The highest BCUT2D eigenvalue weighted by atomic mass is 35.5. The number of rotatable bonds is 4. The molecule has 1 aliphatic rings. The third-order valence-electron chi connectivity index (χ3n) is 4.60. The minimum atomic E-state index is -1.83. The first-order valence-corrected chi connectivity index (χ1v) is 8.65. The van der Waals surface area contributed by atoms with E-state index in [-0.39, 0.29) is 18.4 Å². The smallest absolute Gasteiger partial charge is 0.496 e. The van der Waals surface area contributed by atoms with Crippen LogP contribution in [0.3, 0.4) is 0 Å². The van der Waals surface area contributed by atoms with Gasteiger partial charge in [-0.25, -0.2) is 4.79 Å². The number of amides is 1. The summed E-state index contributed by atoms with van der Waals surface area (Å²) in [6.45, 7) is 4.55. The van der Waals surface area contributed by atoms with Gasteiger partial charge < -0.3 is 20.3 Å². The van der Waals surface area contributed by atoms with Crippen LogP contribution in [0, 0.1) is 11.8 Å². The molecule has 0 spiro atoms. The van der Waals surface area contributed by atoms with Gasteiger partial charge in [-0.05, 0) is 43.2 Å². The van der Waals surface area contributed by atoms with Gasteiger partial charge in [-0.1, -0.05) is 31.5 Å². The van der Waals surface area contributed by atoms with Gasteiger partial charge in [-0.2, -0.15) is 0 Å². The Bertz CT molecular complexity index is 589. The van der Waals surface area contributed by atoms with E-state index in [1.807, 2.05) is 12.1 Å². The van der Waals surface area contributed by atoms with E-state index in [4.69, 9.17) is 31.3 Å². The molecule has 0 saturated heterocycles. The van der Waals surface area contributed by atoms with Crippen LogP contribution < -0.4 is 10.1 Å². The molecule has 3 unspecified atom stereocenters. The molecule has 2 rings (SSSR count). The Morgan fingerprint density at radius 1 is 1.24 bits per heavy atom. The Kier molecular flexibility index (Phi) is 8.55. The number of carbonyl (C=O) groups excluding carboxylic acids is 1. The second-order valence-corrected chi connectivity index (χ2v) is 6.82. The molecule has 1 amide bonds. The first-order valence-electron chi connectivity index (χ1n) is 8.27. The highest BCUT2D eigenvalue weighted by molar-refractivity contribution is 6.31. The maximum Gasteiger partial charge on any atom is 0.503 e. The molecule has 3 N–H and O–H groups in total. The van der Waals surface area contributed by atoms with Crippen molar-refractivity contribution in [2.45, 2.75) is 45.6 Å². The summed E-state index contributed by atoms with van der Waals surface area (Å²) in [5.41, 5.74) is 0.761. The van der Waals surface area contributed by atoms with Gasteiger partial charge in [-0.3, -0.25) is 4.79 Å². The first-order chi connectivity index (χ1) is 11.7. The zero-order chi connectivity index (χ0) is 19.0. The van der Waals surface area contributed by atoms with Gasteiger partial charge in [0.2, 0.25) is 5.91 Å². The second kappa shape index (κ2) is 10.1. The van der Waals surface area contributed by atoms with Crippen LogP contribution in [0.2, 0.25) is 5.02 Å². The topological polar surface area (TPSA) is 95.9 Å². The molecule has 0 aliphatic heterocycles. The van der Waals surface area contributed by atoms with Crippen molar-refractivity contribution < 1.29 is 24.5 Å². The monoisotopic (exact) mass is 371 g/mol. The molecular formula is C18H26ClNO5. The number of carboxylic acid groups (broad SMARTS) is 2. The normalized spacial score (nSPS) is 22.3. The highest BCUT2D eigenvalue weighted by Crippen LogP contribution is 2.30. The second-order valence-electron chi connectivity index (χ2n) is 6.41. The maximum absolute atomic E-state index is 12.3. The summed E-state index contributed by atoms with van der Waals surface area (Å²) in [5, 5.41) is 17.7. The van der Waals surface area contributed by atoms with E-state index in [2.05, 4.69) is 19.2 Å². The lowest BCUT2D eigenvalue weighted by molar-refractivity contribution is -0.121. The molecule has 6 nitrogen and oxygen atoms in total. The summed E-state index contributed by atoms with van der Waals surface area (Å²) < 4.78 is 5.28. The van der Waals surface area contributed by atoms with Crippen molar-refractivity contribution in [1.29, 1.82) is 0 Å². The van der Waals surface area contributed by atoms with Gasteiger partial charge in [0.25, 0.3) is 0 Å². The van der Waals surface area contributed by atoms with Crippen LogP contribution in [0.15, 0.2) is 18.2 Å². The van der Waals surface area contributed by atoms with E-state index in [0.29, 0.717) is 16.7 Å². The summed E-state index contributed by atoms with van der Waals surface area (Å²) in [6.07, 6.45) is 1.74. The fraction of sp³-hybridized carbons (Fsp3) is 0.556. The molecule has 140 valence electrons. The van der Waals surface area contributed by atoms with Crippen molar-refractivity contribution in [3.63, 3.8) is 0 Å². The quantitative estimate of drug-likeness (QED) is 0.741. The minimum absolute atomic E-state index is 0.0214. The van der Waals surface area contributed by atoms with E-state index in [1.165, 1.54) is 6.42 Å². The van der Waals surface area contributed by atoms with E-state index in [0.717, 1.165) is 24.3 Å². The number of methoxy groups -OCH3 is 1. The van der Waals surface area contributed by atoms with Gasteiger partial charge in [0.1, 0.15) is 5.75 Å². The van der Waals surface area contributed by atoms with Gasteiger partial charge >= 0.3 is 6.16 Å². The number of hydrogen-bond acceptors (Lipinski definition) is 3. The van der Waals surface area contributed by atoms with Crippen LogP contribution in [-0.4, -0.2) is 35.4 Å². The maximum atomic E-state index is 12.3. The summed E-state index contributed by atoms with van der Waals surface area (Å²) in [6, 6.07) is 5.74. The van der Waals surface area contributed by atoms with E-state index >= 15 is 0 Å². The van der Waals surface area contributed by atoms with E-state index in [1.54, 1.807) is 13.2 Å². The number of ether oxygens (including phenoxy) is 1. The molecule has 0 heterocycles. The van der Waals surface area contributed by atoms with Crippen LogP contribution in [0.4, 0.5) is 4.79 Å². The largest absolute Gasteiger partial charge is 0.503 e. The van der Waals surface area contributed by atoms with Crippen molar-refractivity contribution in [3.8, 4) is 5.75 Å². The molecule has 1 fully saturated rings. The molecule has 0 bridgehead atoms. The number of hydrogen-bond donors (Lipinski definition) is 3. The van der Waals surface area contributed by atoms with Crippen LogP contribution in [-0.2, 0) is 11.2 Å². The minimum Gasteiger partial charge on any atom is -0.496 e. The van der Waals surface area contributed by atoms with Crippen LogP contribution >= 0.6 is 11.6 Å². The SMILES string of the molecule is COc1cccc(Cl)c1CC(=O)NC1CCC(C)C(C)C1.O=C(O)O. The zero-order valence-corrected chi connectivity index (χ0v) is 15.5. The molecule has 0 aromatic heterocycles. The van der Waals surface area contributed by atoms with Crippen molar-refractivity contribution in [2.75, 3.05) is 7.11 Å². The van der Waals surface area contributed by atoms with Crippen LogP contribution in [0.5, 0.6) is 5.75 Å². The van der Waals surface area contributed by atoms with Crippen LogP contribution in [0.1, 0.15) is 38.7 Å². The molecular weight excluding hydrogens is 346 g/mol. The third-order valence-corrected chi connectivity index (χ3v) is 4.95.